The molecule has 100 valence electrons. The molecule has 1 aromatic heterocycles. The maximum Gasteiger partial charge on any atom is 0.159 e. The summed E-state index contributed by atoms with van der Waals surface area (Å²) in [7, 11) is 0. The van der Waals surface area contributed by atoms with Crippen LogP contribution in [0.25, 0.3) is 0 Å². The maximum absolute atomic E-state index is 4.70. The zero-order chi connectivity index (χ0) is 12.8. The van der Waals surface area contributed by atoms with Crippen LogP contribution in [0.5, 0.6) is 0 Å². The van der Waals surface area contributed by atoms with Crippen LogP contribution < -0.4 is 5.32 Å². The van der Waals surface area contributed by atoms with Crippen LogP contribution in [0, 0.1) is 0 Å². The lowest BCUT2D eigenvalue weighted by molar-refractivity contribution is 0.139. The van der Waals surface area contributed by atoms with Crippen LogP contribution in [0.3, 0.4) is 0 Å². The van der Waals surface area contributed by atoms with Gasteiger partial charge in [0.05, 0.1) is 5.54 Å². The Balaban J connectivity index is 1.91. The Kier molecular flexibility index (Phi) is 2.49. The summed E-state index contributed by atoms with van der Waals surface area (Å²) in [6, 6.07) is 0. The van der Waals surface area contributed by atoms with Crippen molar-refractivity contribution in [3.05, 3.63) is 18.1 Å². The second-order valence-electron chi connectivity index (χ2n) is 6.30. The van der Waals surface area contributed by atoms with Gasteiger partial charge >= 0.3 is 0 Å². The third-order valence-electron chi connectivity index (χ3n) is 5.08. The van der Waals surface area contributed by atoms with E-state index in [9.17, 15) is 0 Å². The van der Waals surface area contributed by atoms with Crippen molar-refractivity contribution >= 4 is 12.0 Å². The van der Waals surface area contributed by atoms with Gasteiger partial charge in [-0.25, -0.2) is 15.0 Å². The van der Waals surface area contributed by atoms with E-state index in [-0.39, 0.29) is 11.1 Å². The minimum absolute atomic E-state index is 0.0613. The topological polar surface area (TPSA) is 50.2 Å². The molecule has 0 spiro atoms. The zero-order valence-corrected chi connectivity index (χ0v) is 11.2. The predicted molar refractivity (Wildman–Crippen MR) is 74.7 cm³/mol. The van der Waals surface area contributed by atoms with E-state index in [1.54, 1.807) is 6.33 Å². The van der Waals surface area contributed by atoms with Crippen LogP contribution in [-0.2, 0) is 5.54 Å². The molecule has 0 radical (unpaired) electrons. The molecule has 19 heavy (non-hydrogen) atoms. The number of rotatable bonds is 0. The molecule has 3 aliphatic heterocycles. The minimum Gasteiger partial charge on any atom is -0.297 e. The van der Waals surface area contributed by atoms with Gasteiger partial charge in [0.15, 0.2) is 5.82 Å². The largest absolute Gasteiger partial charge is 0.297 e. The van der Waals surface area contributed by atoms with Crippen molar-refractivity contribution in [2.75, 3.05) is 0 Å². The number of nitrogens with zero attached hydrogens (tertiary/aromatic N) is 3. The molecular weight excluding hydrogens is 236 g/mol. The van der Waals surface area contributed by atoms with Gasteiger partial charge in [0.1, 0.15) is 6.33 Å². The summed E-state index contributed by atoms with van der Waals surface area (Å²) in [5, 5.41) is 3.97. The molecule has 4 rings (SSSR count). The highest BCUT2D eigenvalue weighted by Gasteiger charge is 2.47. The highest BCUT2D eigenvalue weighted by molar-refractivity contribution is 5.76. The third kappa shape index (κ3) is 1.73. The first-order valence-corrected chi connectivity index (χ1v) is 7.47. The summed E-state index contributed by atoms with van der Waals surface area (Å²) in [4.78, 5) is 13.4. The first-order valence-electron chi connectivity index (χ1n) is 7.47. The smallest absolute Gasteiger partial charge is 0.159 e. The average Bonchev–Trinajstić information content (AvgIpc) is 2.54. The summed E-state index contributed by atoms with van der Waals surface area (Å²) in [5.74, 6) is 0.883. The fourth-order valence-electron chi connectivity index (χ4n) is 4.17. The number of aliphatic imine (C=N–C) groups is 1. The lowest BCUT2D eigenvalue weighted by Crippen LogP contribution is -2.60. The van der Waals surface area contributed by atoms with Crippen molar-refractivity contribution in [1.29, 1.82) is 0 Å². The van der Waals surface area contributed by atoms with E-state index >= 15 is 0 Å². The van der Waals surface area contributed by atoms with E-state index in [2.05, 4.69) is 21.5 Å². The van der Waals surface area contributed by atoms with Gasteiger partial charge in [-0.3, -0.25) is 5.32 Å². The zero-order valence-electron chi connectivity index (χ0n) is 11.2. The first-order chi connectivity index (χ1) is 9.32. The molecule has 2 atom stereocenters. The Morgan fingerprint density at radius 2 is 1.84 bits per heavy atom. The van der Waals surface area contributed by atoms with Crippen LogP contribution in [0.1, 0.15) is 56.9 Å². The molecule has 2 bridgehead atoms. The Labute approximate surface area is 113 Å². The van der Waals surface area contributed by atoms with Crippen molar-refractivity contribution in [3.63, 3.8) is 0 Å². The summed E-state index contributed by atoms with van der Waals surface area (Å²) in [5.41, 5.74) is 1.38. The van der Waals surface area contributed by atoms with Crippen molar-refractivity contribution in [1.82, 2.24) is 15.3 Å². The van der Waals surface area contributed by atoms with Crippen LogP contribution in [0.4, 0.5) is 5.82 Å². The fraction of sp³-hybridized carbons (Fsp3) is 0.667. The molecule has 2 fully saturated rings. The van der Waals surface area contributed by atoms with Crippen molar-refractivity contribution in [3.8, 4) is 0 Å². The molecule has 0 aliphatic carbocycles. The monoisotopic (exact) mass is 256 g/mol. The van der Waals surface area contributed by atoms with Crippen molar-refractivity contribution in [2.45, 2.75) is 62.4 Å². The van der Waals surface area contributed by atoms with Crippen LogP contribution in [0.15, 0.2) is 17.5 Å². The van der Waals surface area contributed by atoms with Gasteiger partial charge in [-0.15, -0.1) is 0 Å². The SMILES string of the molecule is C1=Nc2ncncc2C23CCCCCC1(CCC2)N3. The molecule has 1 N–H and O–H groups in total. The standard InChI is InChI=1S/C15H20N4/c1-2-5-14-6-4-8-15(19-14,7-3-1)12-9-16-11-18-13(12)17-10-14/h9-11,19H,1-8H2. The van der Waals surface area contributed by atoms with Gasteiger partial charge in [0.2, 0.25) is 0 Å². The molecule has 4 heterocycles. The molecule has 4 heteroatoms. The van der Waals surface area contributed by atoms with E-state index < -0.39 is 0 Å². The fourth-order valence-corrected chi connectivity index (χ4v) is 4.17. The number of hydrogen-bond donors (Lipinski definition) is 1. The van der Waals surface area contributed by atoms with E-state index in [0.29, 0.717) is 0 Å². The lowest BCUT2D eigenvalue weighted by Gasteiger charge is -2.48. The van der Waals surface area contributed by atoms with E-state index in [4.69, 9.17) is 4.99 Å². The first kappa shape index (κ1) is 11.5. The summed E-state index contributed by atoms with van der Waals surface area (Å²) < 4.78 is 0. The van der Waals surface area contributed by atoms with E-state index in [0.717, 1.165) is 5.82 Å². The summed E-state index contributed by atoms with van der Waals surface area (Å²) in [6.07, 6.45) is 15.7. The summed E-state index contributed by atoms with van der Waals surface area (Å²) in [6.45, 7) is 0. The molecule has 2 unspecified atom stereocenters. The second kappa shape index (κ2) is 4.10. The molecule has 3 aliphatic rings. The minimum atomic E-state index is 0.0613. The number of piperidine rings is 1. The van der Waals surface area contributed by atoms with Crippen LogP contribution in [0.2, 0.25) is 0 Å². The Morgan fingerprint density at radius 1 is 1.00 bits per heavy atom. The molecular formula is C15H20N4. The Bertz CT molecular complexity index is 527. The summed E-state index contributed by atoms with van der Waals surface area (Å²) >= 11 is 0. The highest BCUT2D eigenvalue weighted by atomic mass is 15.1. The lowest BCUT2D eigenvalue weighted by atomic mass is 9.71. The number of hydrogen-bond acceptors (Lipinski definition) is 4. The van der Waals surface area contributed by atoms with Gasteiger partial charge in [-0.05, 0) is 32.1 Å². The quantitative estimate of drug-likeness (QED) is 0.776. The maximum atomic E-state index is 4.70. The normalized spacial score (nSPS) is 36.8. The van der Waals surface area contributed by atoms with Crippen LogP contribution in [-0.4, -0.2) is 21.7 Å². The highest BCUT2D eigenvalue weighted by Crippen LogP contribution is 2.46. The van der Waals surface area contributed by atoms with Crippen molar-refractivity contribution < 1.29 is 0 Å². The Hall–Kier alpha value is -1.29. The number of aromatic nitrogens is 2. The van der Waals surface area contributed by atoms with Gasteiger partial charge in [-0.1, -0.05) is 19.3 Å². The van der Waals surface area contributed by atoms with Gasteiger partial charge in [0, 0.05) is 23.5 Å². The molecule has 0 aromatic carbocycles. The van der Waals surface area contributed by atoms with Crippen LogP contribution >= 0.6 is 0 Å². The number of nitrogens with one attached hydrogen (secondary N) is 1. The van der Waals surface area contributed by atoms with E-state index in [1.807, 2.05) is 6.20 Å². The average molecular weight is 256 g/mol. The molecule has 0 amide bonds. The molecule has 4 nitrogen and oxygen atoms in total. The van der Waals surface area contributed by atoms with Gasteiger partial charge in [0.25, 0.3) is 0 Å². The molecule has 1 aromatic rings. The van der Waals surface area contributed by atoms with Gasteiger partial charge < -0.3 is 0 Å². The molecule has 0 saturated carbocycles. The second-order valence-corrected chi connectivity index (χ2v) is 6.30. The third-order valence-corrected chi connectivity index (χ3v) is 5.08. The number of fused-ring (bicyclic) bond motifs is 1. The van der Waals surface area contributed by atoms with Gasteiger partial charge in [-0.2, -0.15) is 0 Å². The van der Waals surface area contributed by atoms with E-state index in [1.165, 1.54) is 56.9 Å². The Morgan fingerprint density at radius 3 is 2.84 bits per heavy atom. The predicted octanol–water partition coefficient (Wildman–Crippen LogP) is 2.86. The molecule has 2 saturated heterocycles. The van der Waals surface area contributed by atoms with Crippen molar-refractivity contribution in [2.24, 2.45) is 4.99 Å².